The van der Waals surface area contributed by atoms with Crippen molar-refractivity contribution in [3.63, 3.8) is 0 Å². The second kappa shape index (κ2) is 3.89. The highest BCUT2D eigenvalue weighted by atomic mass is 79.9. The maximum Gasteiger partial charge on any atom is 0.129 e. The fourth-order valence-corrected chi connectivity index (χ4v) is 1.28. The number of aromatic nitrogens is 1. The fraction of sp³-hybridized carbons (Fsp3) is 0.545. The van der Waals surface area contributed by atoms with Crippen LogP contribution in [0.1, 0.15) is 26.5 Å². The summed E-state index contributed by atoms with van der Waals surface area (Å²) in [7, 11) is 2.07. The van der Waals surface area contributed by atoms with Crippen LogP contribution in [0, 0.1) is 6.92 Å². The van der Waals surface area contributed by atoms with E-state index in [9.17, 15) is 0 Å². The summed E-state index contributed by atoms with van der Waals surface area (Å²) < 4.78 is 1.06. The zero-order chi connectivity index (χ0) is 10.9. The standard InChI is InChI=1S/C11H17BrN2/c1-8-9(12)6-7-10(13-8)14(5)11(2,3)4/h6-7H,1-5H3. The molecule has 1 heterocycles. The van der Waals surface area contributed by atoms with E-state index in [2.05, 4.69) is 53.6 Å². The Bertz CT molecular complexity index is 329. The minimum atomic E-state index is 0.104. The molecule has 0 spiro atoms. The van der Waals surface area contributed by atoms with Gasteiger partial charge in [-0.1, -0.05) is 0 Å². The SMILES string of the molecule is Cc1nc(N(C)C(C)(C)C)ccc1Br. The Kier molecular flexibility index (Phi) is 3.20. The summed E-state index contributed by atoms with van der Waals surface area (Å²) in [5.41, 5.74) is 1.13. The van der Waals surface area contributed by atoms with E-state index < -0.39 is 0 Å². The monoisotopic (exact) mass is 256 g/mol. The summed E-state index contributed by atoms with van der Waals surface area (Å²) in [6, 6.07) is 4.07. The number of hydrogen-bond acceptors (Lipinski definition) is 2. The summed E-state index contributed by atoms with van der Waals surface area (Å²) >= 11 is 3.45. The number of hydrogen-bond donors (Lipinski definition) is 0. The van der Waals surface area contributed by atoms with Gasteiger partial charge < -0.3 is 4.90 Å². The van der Waals surface area contributed by atoms with Gasteiger partial charge in [-0.25, -0.2) is 4.98 Å². The number of nitrogens with zero attached hydrogens (tertiary/aromatic N) is 2. The molecule has 0 aliphatic rings. The van der Waals surface area contributed by atoms with Gasteiger partial charge in [-0.2, -0.15) is 0 Å². The number of pyridine rings is 1. The van der Waals surface area contributed by atoms with Crippen LogP contribution >= 0.6 is 15.9 Å². The van der Waals surface area contributed by atoms with Gasteiger partial charge in [-0.3, -0.25) is 0 Å². The lowest BCUT2D eigenvalue weighted by Gasteiger charge is -2.33. The third-order valence-electron chi connectivity index (χ3n) is 2.36. The first-order valence-electron chi connectivity index (χ1n) is 4.69. The second-order valence-electron chi connectivity index (χ2n) is 4.47. The topological polar surface area (TPSA) is 16.1 Å². The van der Waals surface area contributed by atoms with Crippen molar-refractivity contribution >= 4 is 21.7 Å². The van der Waals surface area contributed by atoms with Gasteiger partial charge in [0.05, 0.1) is 5.69 Å². The van der Waals surface area contributed by atoms with Gasteiger partial charge in [0, 0.05) is 17.1 Å². The van der Waals surface area contributed by atoms with Crippen molar-refractivity contribution in [2.24, 2.45) is 0 Å². The van der Waals surface area contributed by atoms with E-state index in [1.165, 1.54) is 0 Å². The van der Waals surface area contributed by atoms with Crippen molar-refractivity contribution in [3.05, 3.63) is 22.3 Å². The molecule has 3 heteroatoms. The van der Waals surface area contributed by atoms with E-state index >= 15 is 0 Å². The molecule has 0 aliphatic carbocycles. The Morgan fingerprint density at radius 2 is 1.86 bits per heavy atom. The minimum Gasteiger partial charge on any atom is -0.355 e. The summed E-state index contributed by atoms with van der Waals surface area (Å²) in [6.45, 7) is 8.52. The lowest BCUT2D eigenvalue weighted by Crippen LogP contribution is -2.38. The number of halogens is 1. The van der Waals surface area contributed by atoms with Crippen LogP contribution in [0.4, 0.5) is 5.82 Å². The quantitative estimate of drug-likeness (QED) is 0.766. The molecule has 0 saturated carbocycles. The van der Waals surface area contributed by atoms with E-state index in [-0.39, 0.29) is 5.54 Å². The van der Waals surface area contributed by atoms with E-state index in [1.807, 2.05) is 19.1 Å². The predicted molar refractivity (Wildman–Crippen MR) is 64.8 cm³/mol. The molecule has 1 aromatic heterocycles. The lowest BCUT2D eigenvalue weighted by molar-refractivity contribution is 0.533. The van der Waals surface area contributed by atoms with Crippen LogP contribution in [0.5, 0.6) is 0 Å². The van der Waals surface area contributed by atoms with E-state index in [1.54, 1.807) is 0 Å². The van der Waals surface area contributed by atoms with Crippen LogP contribution in [0.25, 0.3) is 0 Å². The van der Waals surface area contributed by atoms with E-state index in [0.29, 0.717) is 0 Å². The molecule has 14 heavy (non-hydrogen) atoms. The zero-order valence-corrected chi connectivity index (χ0v) is 11.0. The molecule has 1 rings (SSSR count). The van der Waals surface area contributed by atoms with Crippen molar-refractivity contribution in [2.75, 3.05) is 11.9 Å². The molecule has 0 radical (unpaired) electrons. The Labute approximate surface area is 94.5 Å². The average Bonchev–Trinajstić information content (AvgIpc) is 2.07. The van der Waals surface area contributed by atoms with E-state index in [0.717, 1.165) is 16.0 Å². The minimum absolute atomic E-state index is 0.104. The van der Waals surface area contributed by atoms with Gasteiger partial charge >= 0.3 is 0 Å². The first-order valence-corrected chi connectivity index (χ1v) is 5.48. The van der Waals surface area contributed by atoms with Gasteiger partial charge in [-0.15, -0.1) is 0 Å². The molecule has 0 aliphatic heterocycles. The maximum atomic E-state index is 4.52. The molecule has 2 nitrogen and oxygen atoms in total. The van der Waals surface area contributed by atoms with Crippen molar-refractivity contribution in [2.45, 2.75) is 33.2 Å². The Morgan fingerprint density at radius 3 is 2.29 bits per heavy atom. The molecule has 0 N–H and O–H groups in total. The Balaban J connectivity index is 3.03. The van der Waals surface area contributed by atoms with Crippen molar-refractivity contribution < 1.29 is 0 Å². The largest absolute Gasteiger partial charge is 0.355 e. The average molecular weight is 257 g/mol. The third kappa shape index (κ3) is 2.47. The smallest absolute Gasteiger partial charge is 0.129 e. The van der Waals surface area contributed by atoms with Gasteiger partial charge in [0.1, 0.15) is 5.82 Å². The summed E-state index contributed by atoms with van der Waals surface area (Å²) in [4.78, 5) is 6.69. The van der Waals surface area contributed by atoms with Crippen molar-refractivity contribution in [1.29, 1.82) is 0 Å². The molecule has 0 amide bonds. The third-order valence-corrected chi connectivity index (χ3v) is 3.19. The van der Waals surface area contributed by atoms with Crippen LogP contribution in [-0.4, -0.2) is 17.6 Å². The first kappa shape index (κ1) is 11.5. The number of aryl methyl sites for hydroxylation is 1. The second-order valence-corrected chi connectivity index (χ2v) is 5.32. The molecular weight excluding hydrogens is 240 g/mol. The molecule has 0 aromatic carbocycles. The first-order chi connectivity index (χ1) is 6.32. The number of anilines is 1. The van der Waals surface area contributed by atoms with Gasteiger partial charge in [-0.05, 0) is 55.8 Å². The highest BCUT2D eigenvalue weighted by Gasteiger charge is 2.18. The van der Waals surface area contributed by atoms with Crippen LogP contribution in [0.2, 0.25) is 0 Å². The van der Waals surface area contributed by atoms with Crippen LogP contribution in [0.15, 0.2) is 16.6 Å². The lowest BCUT2D eigenvalue weighted by atomic mass is 10.1. The predicted octanol–water partition coefficient (Wildman–Crippen LogP) is 3.39. The maximum absolute atomic E-state index is 4.52. The highest BCUT2D eigenvalue weighted by Crippen LogP contribution is 2.23. The fourth-order valence-electron chi connectivity index (χ4n) is 1.06. The Hall–Kier alpha value is -0.570. The normalized spacial score (nSPS) is 11.6. The summed E-state index contributed by atoms with van der Waals surface area (Å²) in [5, 5.41) is 0. The molecule has 0 atom stereocenters. The molecule has 0 bridgehead atoms. The van der Waals surface area contributed by atoms with Crippen LogP contribution in [0.3, 0.4) is 0 Å². The summed E-state index contributed by atoms with van der Waals surface area (Å²) in [6.07, 6.45) is 0. The zero-order valence-electron chi connectivity index (χ0n) is 9.43. The highest BCUT2D eigenvalue weighted by molar-refractivity contribution is 9.10. The molecule has 0 saturated heterocycles. The number of rotatable bonds is 1. The molecule has 1 aromatic rings. The van der Waals surface area contributed by atoms with Gasteiger partial charge in [0.25, 0.3) is 0 Å². The van der Waals surface area contributed by atoms with E-state index in [4.69, 9.17) is 0 Å². The molecule has 0 fully saturated rings. The van der Waals surface area contributed by atoms with Crippen molar-refractivity contribution in [1.82, 2.24) is 4.98 Å². The molecular formula is C11H17BrN2. The van der Waals surface area contributed by atoms with Crippen molar-refractivity contribution in [3.8, 4) is 0 Å². The van der Waals surface area contributed by atoms with Gasteiger partial charge in [0.2, 0.25) is 0 Å². The Morgan fingerprint density at radius 1 is 1.29 bits per heavy atom. The summed E-state index contributed by atoms with van der Waals surface area (Å²) in [5.74, 6) is 1.01. The molecule has 78 valence electrons. The molecule has 0 unspecified atom stereocenters. The van der Waals surface area contributed by atoms with Crippen LogP contribution in [-0.2, 0) is 0 Å². The van der Waals surface area contributed by atoms with Gasteiger partial charge in [0.15, 0.2) is 0 Å². The van der Waals surface area contributed by atoms with Crippen LogP contribution < -0.4 is 4.90 Å².